The number of benzene rings is 2. The van der Waals surface area contributed by atoms with Crippen molar-refractivity contribution in [2.24, 2.45) is 0 Å². The third-order valence-corrected chi connectivity index (χ3v) is 4.66. The zero-order chi connectivity index (χ0) is 19.5. The molecular formula is C16H11ClF3NO4S. The van der Waals surface area contributed by atoms with Crippen LogP contribution in [0.5, 0.6) is 11.5 Å². The van der Waals surface area contributed by atoms with Crippen LogP contribution >= 0.6 is 11.6 Å². The van der Waals surface area contributed by atoms with Crippen molar-refractivity contribution < 1.29 is 30.5 Å². The Hall–Kier alpha value is -2.44. The first kappa shape index (κ1) is 19.9. The molecule has 0 amide bonds. The van der Waals surface area contributed by atoms with Crippen molar-refractivity contribution in [3.63, 3.8) is 0 Å². The summed E-state index contributed by atoms with van der Waals surface area (Å²) in [5.41, 5.74) is -1.10. The predicted octanol–water partition coefficient (Wildman–Crippen LogP) is 4.40. The summed E-state index contributed by atoms with van der Waals surface area (Å²) in [5, 5.41) is 8.25. The Kier molecular flexibility index (Phi) is 5.68. The molecule has 0 saturated carbocycles. The van der Waals surface area contributed by atoms with Gasteiger partial charge in [-0.25, -0.2) is 0 Å². The number of halogens is 4. The summed E-state index contributed by atoms with van der Waals surface area (Å²) < 4.78 is 73.6. The smallest absolute Gasteiger partial charge is 0.417 e. The Bertz CT molecular complexity index is 968. The molecule has 0 spiro atoms. The van der Waals surface area contributed by atoms with Crippen molar-refractivity contribution >= 4 is 21.7 Å². The lowest BCUT2D eigenvalue weighted by atomic mass is 10.2. The molecule has 0 radical (unpaired) electrons. The Morgan fingerprint density at radius 2 is 1.85 bits per heavy atom. The molecule has 0 fully saturated rings. The zero-order valence-corrected chi connectivity index (χ0v) is 14.7. The average Bonchev–Trinajstić information content (AvgIpc) is 2.55. The highest BCUT2D eigenvalue weighted by Gasteiger charge is 2.35. The predicted molar refractivity (Wildman–Crippen MR) is 86.6 cm³/mol. The van der Waals surface area contributed by atoms with Gasteiger partial charge in [0.2, 0.25) is 0 Å². The highest BCUT2D eigenvalue weighted by Crippen LogP contribution is 2.37. The Morgan fingerprint density at radius 3 is 2.42 bits per heavy atom. The van der Waals surface area contributed by atoms with Crippen LogP contribution in [0, 0.1) is 11.3 Å². The fraction of sp³-hybridized carbons (Fsp3) is 0.188. The second-order valence-electron chi connectivity index (χ2n) is 4.88. The fourth-order valence-electron chi connectivity index (χ4n) is 1.96. The molecule has 0 bridgehead atoms. The molecule has 10 heteroatoms. The lowest BCUT2D eigenvalue weighted by Gasteiger charge is -2.14. The molecule has 5 nitrogen and oxygen atoms in total. The van der Waals surface area contributed by atoms with Gasteiger partial charge in [0.1, 0.15) is 4.90 Å². The van der Waals surface area contributed by atoms with Gasteiger partial charge in [-0.2, -0.15) is 26.9 Å². The Balaban J connectivity index is 2.46. The molecule has 0 atom stereocenters. The van der Waals surface area contributed by atoms with Crippen molar-refractivity contribution in [1.82, 2.24) is 0 Å². The van der Waals surface area contributed by atoms with Gasteiger partial charge >= 0.3 is 16.3 Å². The number of hydrogen-bond donors (Lipinski definition) is 0. The highest BCUT2D eigenvalue weighted by molar-refractivity contribution is 7.87. The van der Waals surface area contributed by atoms with Crippen molar-refractivity contribution in [1.29, 1.82) is 5.26 Å². The normalized spacial score (nSPS) is 11.7. The largest absolute Gasteiger partial charge is 0.490 e. The van der Waals surface area contributed by atoms with E-state index in [0.717, 1.165) is 12.1 Å². The lowest BCUT2D eigenvalue weighted by molar-refractivity contribution is -0.137. The standard InChI is InChI=1S/C16H11ClF3NO4S/c1-2-24-15-7-10(9-21)3-6-14(15)25-26(22,23)11-4-5-13(17)12(8-11)16(18,19)20/h3-8H,2H2,1H3. The van der Waals surface area contributed by atoms with E-state index in [0.29, 0.717) is 6.07 Å². The van der Waals surface area contributed by atoms with E-state index in [9.17, 15) is 21.6 Å². The van der Waals surface area contributed by atoms with Crippen LogP contribution in [0.4, 0.5) is 13.2 Å². The van der Waals surface area contributed by atoms with Crippen LogP contribution in [0.25, 0.3) is 0 Å². The number of hydrogen-bond acceptors (Lipinski definition) is 5. The van der Waals surface area contributed by atoms with E-state index in [1.54, 1.807) is 6.92 Å². The first-order valence-corrected chi connectivity index (χ1v) is 8.85. The van der Waals surface area contributed by atoms with Gasteiger partial charge in [0.15, 0.2) is 11.5 Å². The molecule has 138 valence electrons. The molecule has 2 aromatic carbocycles. The number of alkyl halides is 3. The Morgan fingerprint density at radius 1 is 1.15 bits per heavy atom. The van der Waals surface area contributed by atoms with Crippen LogP contribution in [0.2, 0.25) is 5.02 Å². The summed E-state index contributed by atoms with van der Waals surface area (Å²) in [7, 11) is -4.59. The van der Waals surface area contributed by atoms with Crippen LogP contribution in [0.3, 0.4) is 0 Å². The van der Waals surface area contributed by atoms with E-state index in [1.807, 2.05) is 6.07 Å². The second-order valence-corrected chi connectivity index (χ2v) is 6.84. The lowest BCUT2D eigenvalue weighted by Crippen LogP contribution is -2.13. The molecule has 0 N–H and O–H groups in total. The van der Waals surface area contributed by atoms with Crippen molar-refractivity contribution in [2.45, 2.75) is 18.0 Å². The number of nitrogens with zero attached hydrogens (tertiary/aromatic N) is 1. The van der Waals surface area contributed by atoms with Gasteiger partial charge in [0.05, 0.1) is 28.8 Å². The molecule has 2 rings (SSSR count). The van der Waals surface area contributed by atoms with E-state index >= 15 is 0 Å². The summed E-state index contributed by atoms with van der Waals surface area (Å²) >= 11 is 5.48. The highest BCUT2D eigenvalue weighted by atomic mass is 35.5. The molecule has 2 aromatic rings. The maximum atomic E-state index is 12.9. The van der Waals surface area contributed by atoms with Gasteiger partial charge in [0, 0.05) is 6.07 Å². The SMILES string of the molecule is CCOc1cc(C#N)ccc1OS(=O)(=O)c1ccc(Cl)c(C(F)(F)F)c1. The summed E-state index contributed by atoms with van der Waals surface area (Å²) in [6, 6.07) is 7.70. The molecule has 26 heavy (non-hydrogen) atoms. The van der Waals surface area contributed by atoms with Crippen LogP contribution in [0.15, 0.2) is 41.3 Å². The summed E-state index contributed by atoms with van der Waals surface area (Å²) in [4.78, 5) is -0.721. The zero-order valence-electron chi connectivity index (χ0n) is 13.2. The van der Waals surface area contributed by atoms with Crippen molar-refractivity contribution in [3.8, 4) is 17.6 Å². The summed E-state index contributed by atoms with van der Waals surface area (Å²) in [6.07, 6.45) is -4.83. The van der Waals surface area contributed by atoms with Gasteiger partial charge < -0.3 is 8.92 Å². The second kappa shape index (κ2) is 7.43. The monoisotopic (exact) mass is 405 g/mol. The molecule has 0 aliphatic heterocycles. The summed E-state index contributed by atoms with van der Waals surface area (Å²) in [5.74, 6) is -0.283. The third kappa shape index (κ3) is 4.39. The van der Waals surface area contributed by atoms with E-state index in [-0.39, 0.29) is 23.7 Å². The fourth-order valence-corrected chi connectivity index (χ4v) is 3.15. The minimum Gasteiger partial charge on any atom is -0.490 e. The van der Waals surface area contributed by atoms with Gasteiger partial charge in [-0.15, -0.1) is 0 Å². The van der Waals surface area contributed by atoms with Gasteiger partial charge in [-0.3, -0.25) is 0 Å². The maximum Gasteiger partial charge on any atom is 0.417 e. The van der Waals surface area contributed by atoms with E-state index in [4.69, 9.17) is 25.8 Å². The minimum absolute atomic E-state index is 0.0277. The first-order valence-electron chi connectivity index (χ1n) is 7.06. The molecule has 0 heterocycles. The third-order valence-electron chi connectivity index (χ3n) is 3.10. The van der Waals surface area contributed by atoms with Gasteiger partial charge in [-0.05, 0) is 37.3 Å². The molecule has 0 aliphatic carbocycles. The number of rotatable bonds is 5. The van der Waals surface area contributed by atoms with Crippen LogP contribution in [-0.4, -0.2) is 15.0 Å². The quantitative estimate of drug-likeness (QED) is 0.689. The first-order chi connectivity index (χ1) is 12.1. The minimum atomic E-state index is -4.83. The molecule has 0 aromatic heterocycles. The van der Waals surface area contributed by atoms with E-state index < -0.39 is 31.8 Å². The van der Waals surface area contributed by atoms with E-state index in [1.165, 1.54) is 18.2 Å². The molecular weight excluding hydrogens is 395 g/mol. The Labute approximate surface area is 152 Å². The topological polar surface area (TPSA) is 76.4 Å². The maximum absolute atomic E-state index is 12.9. The number of ether oxygens (including phenoxy) is 1. The average molecular weight is 406 g/mol. The van der Waals surface area contributed by atoms with Gasteiger partial charge in [0.25, 0.3) is 0 Å². The molecule has 0 unspecified atom stereocenters. The van der Waals surface area contributed by atoms with Gasteiger partial charge in [-0.1, -0.05) is 11.6 Å². The van der Waals surface area contributed by atoms with Crippen molar-refractivity contribution in [2.75, 3.05) is 6.61 Å². The van der Waals surface area contributed by atoms with Crippen molar-refractivity contribution in [3.05, 3.63) is 52.5 Å². The van der Waals surface area contributed by atoms with Crippen LogP contribution < -0.4 is 8.92 Å². The molecule has 0 saturated heterocycles. The van der Waals surface area contributed by atoms with Crippen LogP contribution in [-0.2, 0) is 16.3 Å². The van der Waals surface area contributed by atoms with Crippen LogP contribution in [0.1, 0.15) is 18.1 Å². The molecule has 0 aliphatic rings. The van der Waals surface area contributed by atoms with E-state index in [2.05, 4.69) is 0 Å². The summed E-state index contributed by atoms with van der Waals surface area (Å²) in [6.45, 7) is 1.79. The number of nitriles is 1.